The van der Waals surface area contributed by atoms with Gasteiger partial charge in [0.1, 0.15) is 5.39 Å². The Morgan fingerprint density at radius 1 is 1.21 bits per heavy atom. The Hall–Kier alpha value is -4.25. The third kappa shape index (κ3) is 6.26. The van der Waals surface area contributed by atoms with E-state index in [4.69, 9.17) is 0 Å². The molecular formula is C28H35FN8O2. The summed E-state index contributed by atoms with van der Waals surface area (Å²) >= 11 is 0. The number of hydrogen-bond acceptors (Lipinski definition) is 7. The topological polar surface area (TPSA) is 91.5 Å². The molecule has 3 heterocycles. The van der Waals surface area contributed by atoms with Crippen LogP contribution in [0.15, 0.2) is 66.0 Å². The number of carbonyl (C=O) groups excluding carboxylic acids is 1. The van der Waals surface area contributed by atoms with E-state index in [9.17, 15) is 14.0 Å². The van der Waals surface area contributed by atoms with Crippen molar-refractivity contribution in [2.75, 3.05) is 43.4 Å². The molecule has 0 unspecified atom stereocenters. The molecule has 1 N–H and O–H groups in total. The number of likely N-dealkylation sites (N-methyl/N-ethyl adjacent to an activating group) is 1. The Labute approximate surface area is 227 Å². The number of allylic oxidation sites excluding steroid dienone is 4. The number of anilines is 3. The standard InChI is InChI=1S/C28H35FN8O2/c1-6-11-36-27(39)25-17-30-28(31-22-7-9-23(10-8-22)34-14-12-33(5)13-15-34)32-26(25)37(36)24(16-21(4)29)18-35(19-38)20(2)3/h6-10,16-20H,1,11-15H2,2-5H3,(H,30,31,32)/b21-16+,24-18+. The smallest absolute Gasteiger partial charge is 0.278 e. The minimum absolute atomic E-state index is 0.144. The van der Waals surface area contributed by atoms with Crippen LogP contribution in [0.3, 0.4) is 0 Å². The van der Waals surface area contributed by atoms with Crippen molar-refractivity contribution in [3.8, 4) is 0 Å². The largest absolute Gasteiger partial charge is 0.369 e. The number of hydrogen-bond donors (Lipinski definition) is 1. The monoisotopic (exact) mass is 534 g/mol. The summed E-state index contributed by atoms with van der Waals surface area (Å²) in [6.45, 7) is 12.9. The van der Waals surface area contributed by atoms with E-state index in [0.29, 0.717) is 6.41 Å². The summed E-state index contributed by atoms with van der Waals surface area (Å²) < 4.78 is 17.1. The first kappa shape index (κ1) is 27.8. The van der Waals surface area contributed by atoms with Crippen LogP contribution in [-0.2, 0) is 11.3 Å². The molecule has 0 bridgehead atoms. The number of amides is 1. The van der Waals surface area contributed by atoms with Crippen LogP contribution in [0.25, 0.3) is 16.7 Å². The SMILES string of the molecule is C=CCn1c(=O)c2cnc(Nc3ccc(N4CCN(C)CC4)cc3)nc2n1C(/C=C(\C)F)=C/N(C=O)C(C)C. The first-order valence-electron chi connectivity index (χ1n) is 12.9. The molecule has 206 valence electrons. The number of benzene rings is 1. The Morgan fingerprint density at radius 2 is 1.90 bits per heavy atom. The molecule has 11 heteroatoms. The number of halogens is 1. The Balaban J connectivity index is 1.74. The lowest BCUT2D eigenvalue weighted by Gasteiger charge is -2.34. The number of rotatable bonds is 10. The van der Waals surface area contributed by atoms with E-state index < -0.39 is 5.83 Å². The second-order valence-electron chi connectivity index (χ2n) is 9.81. The van der Waals surface area contributed by atoms with Crippen molar-refractivity contribution < 1.29 is 9.18 Å². The molecule has 1 amide bonds. The summed E-state index contributed by atoms with van der Waals surface area (Å²) in [5.74, 6) is -0.223. The molecule has 0 saturated carbocycles. The summed E-state index contributed by atoms with van der Waals surface area (Å²) in [6.07, 6.45) is 6.41. The maximum Gasteiger partial charge on any atom is 0.278 e. The van der Waals surface area contributed by atoms with Gasteiger partial charge in [0.15, 0.2) is 5.65 Å². The van der Waals surface area contributed by atoms with Gasteiger partial charge in [-0.05, 0) is 58.2 Å². The molecule has 0 atom stereocenters. The average Bonchev–Trinajstić information content (AvgIpc) is 3.18. The third-order valence-corrected chi connectivity index (χ3v) is 6.56. The van der Waals surface area contributed by atoms with Gasteiger partial charge in [-0.2, -0.15) is 4.98 Å². The lowest BCUT2D eigenvalue weighted by Crippen LogP contribution is -2.44. The lowest BCUT2D eigenvalue weighted by atomic mass is 10.2. The molecule has 1 fully saturated rings. The lowest BCUT2D eigenvalue weighted by molar-refractivity contribution is -0.117. The van der Waals surface area contributed by atoms with Gasteiger partial charge in [-0.25, -0.2) is 18.7 Å². The summed E-state index contributed by atoms with van der Waals surface area (Å²) in [5, 5.41) is 3.46. The maximum atomic E-state index is 14.2. The molecule has 0 radical (unpaired) electrons. The van der Waals surface area contributed by atoms with E-state index in [0.717, 1.165) is 37.6 Å². The van der Waals surface area contributed by atoms with E-state index in [1.807, 2.05) is 26.0 Å². The number of carbonyl (C=O) groups is 1. The van der Waals surface area contributed by atoms with Crippen molar-refractivity contribution in [1.82, 2.24) is 29.1 Å². The number of aromatic nitrogens is 4. The summed E-state index contributed by atoms with van der Waals surface area (Å²) in [7, 11) is 2.13. The van der Waals surface area contributed by atoms with Crippen LogP contribution in [0.5, 0.6) is 0 Å². The van der Waals surface area contributed by atoms with Crippen LogP contribution >= 0.6 is 0 Å². The van der Waals surface area contributed by atoms with Crippen LogP contribution in [-0.4, -0.2) is 74.8 Å². The van der Waals surface area contributed by atoms with E-state index in [2.05, 4.69) is 50.8 Å². The van der Waals surface area contributed by atoms with Crippen LogP contribution in [0.1, 0.15) is 20.8 Å². The Kier molecular flexibility index (Phi) is 8.60. The van der Waals surface area contributed by atoms with Gasteiger partial charge in [0.2, 0.25) is 12.4 Å². The average molecular weight is 535 g/mol. The number of piperazine rings is 1. The first-order valence-corrected chi connectivity index (χ1v) is 12.9. The minimum Gasteiger partial charge on any atom is -0.369 e. The van der Waals surface area contributed by atoms with Gasteiger partial charge in [0, 0.05) is 56.0 Å². The predicted octanol–water partition coefficient (Wildman–Crippen LogP) is 3.81. The van der Waals surface area contributed by atoms with Crippen molar-refractivity contribution in [3.63, 3.8) is 0 Å². The maximum absolute atomic E-state index is 14.2. The van der Waals surface area contributed by atoms with Crippen LogP contribution in [0.4, 0.5) is 21.7 Å². The molecule has 4 rings (SSSR count). The van der Waals surface area contributed by atoms with E-state index in [-0.39, 0.29) is 40.8 Å². The highest BCUT2D eigenvalue weighted by Crippen LogP contribution is 2.23. The predicted molar refractivity (Wildman–Crippen MR) is 154 cm³/mol. The second kappa shape index (κ2) is 12.1. The molecule has 39 heavy (non-hydrogen) atoms. The molecule has 2 aromatic heterocycles. The molecule has 1 aliphatic heterocycles. The Bertz CT molecular complexity index is 1440. The third-order valence-electron chi connectivity index (χ3n) is 6.56. The molecular weight excluding hydrogens is 499 g/mol. The van der Waals surface area contributed by atoms with E-state index in [1.165, 1.54) is 39.7 Å². The van der Waals surface area contributed by atoms with Gasteiger partial charge < -0.3 is 20.0 Å². The summed E-state index contributed by atoms with van der Waals surface area (Å²) in [6, 6.07) is 7.84. The summed E-state index contributed by atoms with van der Waals surface area (Å²) in [4.78, 5) is 40.0. The fourth-order valence-electron chi connectivity index (χ4n) is 4.40. The van der Waals surface area contributed by atoms with Gasteiger partial charge in [-0.3, -0.25) is 9.59 Å². The minimum atomic E-state index is -0.497. The van der Waals surface area contributed by atoms with Crippen LogP contribution < -0.4 is 15.8 Å². The normalized spacial score (nSPS) is 15.2. The van der Waals surface area contributed by atoms with Crippen LogP contribution in [0.2, 0.25) is 0 Å². The van der Waals surface area contributed by atoms with Crippen molar-refractivity contribution >= 4 is 40.5 Å². The second-order valence-corrected chi connectivity index (χ2v) is 9.81. The van der Waals surface area contributed by atoms with Gasteiger partial charge in [-0.1, -0.05) is 6.08 Å². The summed E-state index contributed by atoms with van der Waals surface area (Å²) in [5.41, 5.74) is 2.10. The number of fused-ring (bicyclic) bond motifs is 1. The van der Waals surface area contributed by atoms with Crippen molar-refractivity contribution in [2.45, 2.75) is 33.4 Å². The molecule has 1 aromatic carbocycles. The van der Waals surface area contributed by atoms with Crippen LogP contribution in [0, 0.1) is 0 Å². The van der Waals surface area contributed by atoms with Gasteiger partial charge >= 0.3 is 0 Å². The quantitative estimate of drug-likeness (QED) is 0.240. The van der Waals surface area contributed by atoms with Crippen molar-refractivity contribution in [1.29, 1.82) is 0 Å². The molecule has 1 aliphatic rings. The number of nitrogens with one attached hydrogen (secondary N) is 1. The van der Waals surface area contributed by atoms with Crippen molar-refractivity contribution in [3.05, 3.63) is 71.6 Å². The molecule has 0 aliphatic carbocycles. The van der Waals surface area contributed by atoms with Crippen molar-refractivity contribution in [2.24, 2.45) is 0 Å². The van der Waals surface area contributed by atoms with Gasteiger partial charge in [0.25, 0.3) is 5.56 Å². The fraction of sp³-hybridized carbons (Fsp3) is 0.357. The zero-order chi connectivity index (χ0) is 28.1. The van der Waals surface area contributed by atoms with Gasteiger partial charge in [0.05, 0.1) is 18.1 Å². The number of nitrogens with zero attached hydrogens (tertiary/aromatic N) is 7. The molecule has 10 nitrogen and oxygen atoms in total. The zero-order valence-corrected chi connectivity index (χ0v) is 22.8. The van der Waals surface area contributed by atoms with E-state index in [1.54, 1.807) is 6.08 Å². The highest BCUT2D eigenvalue weighted by molar-refractivity contribution is 5.80. The molecule has 1 saturated heterocycles. The highest BCUT2D eigenvalue weighted by atomic mass is 19.1. The zero-order valence-electron chi connectivity index (χ0n) is 22.8. The van der Waals surface area contributed by atoms with E-state index >= 15 is 0 Å². The highest BCUT2D eigenvalue weighted by Gasteiger charge is 2.19. The Morgan fingerprint density at radius 3 is 2.49 bits per heavy atom. The molecule has 0 spiro atoms. The fourth-order valence-corrected chi connectivity index (χ4v) is 4.40. The molecule has 3 aromatic rings. The van der Waals surface area contributed by atoms with Gasteiger partial charge in [-0.15, -0.1) is 6.58 Å². The first-order chi connectivity index (χ1) is 18.7.